The number of nitrogens with one attached hydrogen (secondary N) is 1. The number of urea groups is 1. The van der Waals surface area contributed by atoms with Gasteiger partial charge in [-0.2, -0.15) is 4.31 Å². The highest BCUT2D eigenvalue weighted by atomic mass is 32.2. The Labute approximate surface area is 113 Å². The van der Waals surface area contributed by atoms with Crippen molar-refractivity contribution >= 4 is 22.0 Å². The van der Waals surface area contributed by atoms with E-state index in [1.165, 1.54) is 4.31 Å². The molecule has 9 heteroatoms. The number of primary amides is 1. The van der Waals surface area contributed by atoms with Gasteiger partial charge in [-0.25, -0.2) is 13.2 Å². The van der Waals surface area contributed by atoms with Crippen molar-refractivity contribution in [2.75, 3.05) is 31.9 Å². The van der Waals surface area contributed by atoms with Gasteiger partial charge < -0.3 is 5.73 Å². The van der Waals surface area contributed by atoms with E-state index < -0.39 is 28.0 Å². The van der Waals surface area contributed by atoms with Crippen LogP contribution < -0.4 is 11.1 Å². The second kappa shape index (κ2) is 6.31. The van der Waals surface area contributed by atoms with Crippen LogP contribution in [0.1, 0.15) is 13.8 Å². The van der Waals surface area contributed by atoms with Gasteiger partial charge in [-0.05, 0) is 13.8 Å². The molecule has 8 nitrogen and oxygen atoms in total. The minimum atomic E-state index is -3.18. The number of nitrogens with zero attached hydrogens (tertiary/aromatic N) is 2. The lowest BCUT2D eigenvalue weighted by Gasteiger charge is -2.36. The SMILES string of the molecule is CCS(=O)(=O)N1CCN(C(C)C(=O)NC(N)=O)CC1. The fraction of sp³-hybridized carbons (Fsp3) is 0.800. The van der Waals surface area contributed by atoms with E-state index in [1.807, 2.05) is 10.2 Å². The summed E-state index contributed by atoms with van der Waals surface area (Å²) in [5.74, 6) is -0.399. The number of hydrogen-bond donors (Lipinski definition) is 2. The van der Waals surface area contributed by atoms with Gasteiger partial charge in [0.15, 0.2) is 0 Å². The lowest BCUT2D eigenvalue weighted by Crippen LogP contribution is -2.56. The molecule has 1 atom stereocenters. The van der Waals surface area contributed by atoms with Crippen molar-refractivity contribution in [3.63, 3.8) is 0 Å². The van der Waals surface area contributed by atoms with E-state index >= 15 is 0 Å². The van der Waals surface area contributed by atoms with Crippen molar-refractivity contribution in [1.29, 1.82) is 0 Å². The van der Waals surface area contributed by atoms with Gasteiger partial charge in [-0.1, -0.05) is 0 Å². The molecule has 1 aliphatic rings. The molecule has 1 aliphatic heterocycles. The van der Waals surface area contributed by atoms with Gasteiger partial charge in [-0.3, -0.25) is 15.0 Å². The van der Waals surface area contributed by atoms with E-state index in [0.29, 0.717) is 26.2 Å². The maximum absolute atomic E-state index is 11.7. The highest BCUT2D eigenvalue weighted by Crippen LogP contribution is 2.10. The molecule has 0 spiro atoms. The van der Waals surface area contributed by atoms with Crippen LogP contribution in [0, 0.1) is 0 Å². The molecule has 110 valence electrons. The Morgan fingerprint density at radius 3 is 2.21 bits per heavy atom. The Hall–Kier alpha value is -1.19. The summed E-state index contributed by atoms with van der Waals surface area (Å²) < 4.78 is 24.8. The molecular weight excluding hydrogens is 272 g/mol. The number of carbonyl (C=O) groups excluding carboxylic acids is 2. The molecule has 0 radical (unpaired) electrons. The van der Waals surface area contributed by atoms with Crippen LogP contribution in [0.15, 0.2) is 0 Å². The summed E-state index contributed by atoms with van der Waals surface area (Å²) in [7, 11) is -3.18. The largest absolute Gasteiger partial charge is 0.351 e. The zero-order valence-corrected chi connectivity index (χ0v) is 11.9. The van der Waals surface area contributed by atoms with Crippen molar-refractivity contribution in [2.45, 2.75) is 19.9 Å². The standard InChI is InChI=1S/C10H20N4O4S/c1-3-19(17,18)14-6-4-13(5-7-14)8(2)9(15)12-10(11)16/h8H,3-7H2,1-2H3,(H3,11,12,15,16). The zero-order valence-electron chi connectivity index (χ0n) is 11.1. The Balaban J connectivity index is 2.54. The second-order valence-electron chi connectivity index (χ2n) is 4.37. The summed E-state index contributed by atoms with van der Waals surface area (Å²) in [6.07, 6.45) is 0. The number of amides is 3. The molecule has 1 fully saturated rings. The van der Waals surface area contributed by atoms with Crippen molar-refractivity contribution in [1.82, 2.24) is 14.5 Å². The van der Waals surface area contributed by atoms with E-state index in [1.54, 1.807) is 13.8 Å². The first-order valence-corrected chi connectivity index (χ1v) is 7.71. The number of imide groups is 1. The minimum Gasteiger partial charge on any atom is -0.351 e. The predicted molar refractivity (Wildman–Crippen MR) is 69.8 cm³/mol. The molecule has 3 N–H and O–H groups in total. The average Bonchev–Trinajstić information content (AvgIpc) is 2.37. The Morgan fingerprint density at radius 2 is 1.79 bits per heavy atom. The smallest absolute Gasteiger partial charge is 0.318 e. The van der Waals surface area contributed by atoms with Crippen LogP contribution in [-0.4, -0.2) is 67.5 Å². The van der Waals surface area contributed by atoms with Gasteiger partial charge in [0.1, 0.15) is 0 Å². The molecule has 0 aromatic rings. The Morgan fingerprint density at radius 1 is 1.26 bits per heavy atom. The fourth-order valence-electron chi connectivity index (χ4n) is 1.94. The lowest BCUT2D eigenvalue weighted by molar-refractivity contribution is -0.125. The van der Waals surface area contributed by atoms with Crippen LogP contribution in [0.5, 0.6) is 0 Å². The van der Waals surface area contributed by atoms with Crippen LogP contribution in [0.4, 0.5) is 4.79 Å². The molecule has 0 aromatic heterocycles. The van der Waals surface area contributed by atoms with Gasteiger partial charge >= 0.3 is 6.03 Å². The molecule has 1 saturated heterocycles. The monoisotopic (exact) mass is 292 g/mol. The first kappa shape index (κ1) is 15.9. The molecule has 19 heavy (non-hydrogen) atoms. The minimum absolute atomic E-state index is 0.0741. The molecule has 0 bridgehead atoms. The molecule has 0 saturated carbocycles. The van der Waals surface area contributed by atoms with Gasteiger partial charge in [0.25, 0.3) is 0 Å². The first-order chi connectivity index (χ1) is 8.77. The van der Waals surface area contributed by atoms with Crippen molar-refractivity contribution < 1.29 is 18.0 Å². The molecular formula is C10H20N4O4S. The number of sulfonamides is 1. The summed E-state index contributed by atoms with van der Waals surface area (Å²) in [5.41, 5.74) is 4.88. The Bertz CT molecular complexity index is 442. The van der Waals surface area contributed by atoms with Gasteiger partial charge in [0.2, 0.25) is 15.9 Å². The molecule has 0 aromatic carbocycles. The van der Waals surface area contributed by atoms with Gasteiger partial charge in [-0.15, -0.1) is 0 Å². The van der Waals surface area contributed by atoms with Gasteiger partial charge in [0, 0.05) is 26.2 Å². The van der Waals surface area contributed by atoms with Crippen molar-refractivity contribution in [3.8, 4) is 0 Å². The third kappa shape index (κ3) is 4.15. The van der Waals surface area contributed by atoms with Crippen molar-refractivity contribution in [2.24, 2.45) is 5.73 Å². The summed E-state index contributed by atoms with van der Waals surface area (Å²) in [6.45, 7) is 4.86. The van der Waals surface area contributed by atoms with E-state index in [4.69, 9.17) is 5.73 Å². The second-order valence-corrected chi connectivity index (χ2v) is 6.62. The Kier molecular flexibility index (Phi) is 5.27. The van der Waals surface area contributed by atoms with E-state index in [2.05, 4.69) is 0 Å². The summed E-state index contributed by atoms with van der Waals surface area (Å²) in [6, 6.07) is -1.40. The zero-order chi connectivity index (χ0) is 14.6. The number of nitrogens with two attached hydrogens (primary N) is 1. The molecule has 1 rings (SSSR count). The van der Waals surface area contributed by atoms with Crippen LogP contribution in [0.2, 0.25) is 0 Å². The van der Waals surface area contributed by atoms with E-state index in [9.17, 15) is 18.0 Å². The molecule has 1 unspecified atom stereocenters. The maximum Gasteiger partial charge on any atom is 0.318 e. The number of carbonyl (C=O) groups is 2. The van der Waals surface area contributed by atoms with Crippen LogP contribution in [-0.2, 0) is 14.8 Å². The van der Waals surface area contributed by atoms with Crippen LogP contribution >= 0.6 is 0 Å². The summed E-state index contributed by atoms with van der Waals surface area (Å²) >= 11 is 0. The van der Waals surface area contributed by atoms with Crippen LogP contribution in [0.3, 0.4) is 0 Å². The van der Waals surface area contributed by atoms with Crippen molar-refractivity contribution in [3.05, 3.63) is 0 Å². The first-order valence-electron chi connectivity index (χ1n) is 6.10. The third-order valence-electron chi connectivity index (χ3n) is 3.20. The predicted octanol–water partition coefficient (Wildman–Crippen LogP) is -1.46. The highest BCUT2D eigenvalue weighted by Gasteiger charge is 2.30. The fourth-order valence-corrected chi connectivity index (χ4v) is 3.03. The number of hydrogen-bond acceptors (Lipinski definition) is 5. The topological polar surface area (TPSA) is 113 Å². The third-order valence-corrected chi connectivity index (χ3v) is 5.09. The average molecular weight is 292 g/mol. The number of rotatable bonds is 4. The molecule has 1 heterocycles. The normalized spacial score (nSPS) is 19.9. The maximum atomic E-state index is 11.7. The molecule has 0 aliphatic carbocycles. The van der Waals surface area contributed by atoms with Gasteiger partial charge in [0.05, 0.1) is 11.8 Å². The summed E-state index contributed by atoms with van der Waals surface area (Å²) in [5, 5.41) is 2.02. The molecule has 3 amide bonds. The van der Waals surface area contributed by atoms with E-state index in [-0.39, 0.29) is 5.75 Å². The number of piperazine rings is 1. The quantitative estimate of drug-likeness (QED) is 0.657. The van der Waals surface area contributed by atoms with Crippen LogP contribution in [0.25, 0.3) is 0 Å². The summed E-state index contributed by atoms with van der Waals surface area (Å²) in [4.78, 5) is 24.0. The highest BCUT2D eigenvalue weighted by molar-refractivity contribution is 7.89. The lowest BCUT2D eigenvalue weighted by atomic mass is 10.2. The van der Waals surface area contributed by atoms with E-state index in [0.717, 1.165) is 0 Å².